The van der Waals surface area contributed by atoms with Crippen LogP contribution in [0.3, 0.4) is 0 Å². The molecule has 0 spiro atoms. The first kappa shape index (κ1) is 20.1. The summed E-state index contributed by atoms with van der Waals surface area (Å²) in [6.45, 7) is 3.41. The molecule has 5 rings (SSSR count). The molecule has 162 valence electrons. The number of aliphatic hydroxyl groups is 1. The number of hydrogen-bond acceptors (Lipinski definition) is 3. The van der Waals surface area contributed by atoms with Crippen LogP contribution in [0.4, 0.5) is 0 Å². The van der Waals surface area contributed by atoms with Crippen molar-refractivity contribution in [2.75, 3.05) is 19.6 Å². The van der Waals surface area contributed by atoms with Crippen molar-refractivity contribution in [3.63, 3.8) is 0 Å². The van der Waals surface area contributed by atoms with E-state index in [0.29, 0.717) is 17.4 Å². The van der Waals surface area contributed by atoms with Gasteiger partial charge in [0.1, 0.15) is 0 Å². The lowest BCUT2D eigenvalue weighted by molar-refractivity contribution is 0.0364. The fraction of sp³-hybridized carbons (Fsp3) is 0.640. The Bertz CT molecular complexity index is 907. The number of nitrogens with one attached hydrogen (secondary N) is 1. The van der Waals surface area contributed by atoms with Gasteiger partial charge in [0, 0.05) is 29.6 Å². The second-order valence-corrected chi connectivity index (χ2v) is 9.86. The maximum Gasteiger partial charge on any atom is 0.335 e. The average Bonchev–Trinajstić information content (AvgIpc) is 3.30. The molecule has 30 heavy (non-hydrogen) atoms. The largest absolute Gasteiger partial charge is 0.478 e. The fourth-order valence-electron chi connectivity index (χ4n) is 6.80. The third kappa shape index (κ3) is 3.67. The first-order valence-corrected chi connectivity index (χ1v) is 11.9. The summed E-state index contributed by atoms with van der Waals surface area (Å²) in [7, 11) is 0. The van der Waals surface area contributed by atoms with E-state index in [2.05, 4.69) is 9.88 Å². The molecule has 1 aliphatic heterocycles. The molecule has 3 N–H and O–H groups in total. The summed E-state index contributed by atoms with van der Waals surface area (Å²) >= 11 is 0. The number of rotatable bonds is 6. The SMILES string of the molecule is O=C(O)c1ccc2c(CCCCN3CCC4C(C3)C(O)C3CCCCC34)c[nH]c2c1. The maximum absolute atomic E-state index is 11.1. The van der Waals surface area contributed by atoms with E-state index in [1.165, 1.54) is 50.6 Å². The fourth-order valence-corrected chi connectivity index (χ4v) is 6.80. The Morgan fingerprint density at radius 1 is 1.07 bits per heavy atom. The first-order chi connectivity index (χ1) is 14.6. The van der Waals surface area contributed by atoms with Crippen molar-refractivity contribution in [3.05, 3.63) is 35.5 Å². The molecule has 5 atom stereocenters. The second-order valence-electron chi connectivity index (χ2n) is 9.86. The van der Waals surface area contributed by atoms with Crippen molar-refractivity contribution in [3.8, 4) is 0 Å². The molecule has 2 saturated carbocycles. The molecule has 2 aromatic rings. The van der Waals surface area contributed by atoms with Crippen LogP contribution < -0.4 is 0 Å². The number of carboxylic acid groups (broad SMARTS) is 1. The van der Waals surface area contributed by atoms with Gasteiger partial charge in [0.15, 0.2) is 0 Å². The van der Waals surface area contributed by atoms with E-state index in [1.54, 1.807) is 12.1 Å². The number of carboxylic acids is 1. The van der Waals surface area contributed by atoms with Gasteiger partial charge >= 0.3 is 5.97 Å². The number of likely N-dealkylation sites (tertiary alicyclic amines) is 1. The molecule has 0 bridgehead atoms. The number of carbonyl (C=O) groups is 1. The predicted octanol–water partition coefficient (Wildman–Crippen LogP) is 4.31. The molecule has 0 radical (unpaired) electrons. The lowest BCUT2D eigenvalue weighted by atomic mass is 9.75. The average molecular weight is 411 g/mol. The lowest BCUT2D eigenvalue weighted by Gasteiger charge is -2.38. The Hall–Kier alpha value is -1.85. The number of aryl methyl sites for hydroxylation is 1. The highest BCUT2D eigenvalue weighted by Gasteiger charge is 2.51. The highest BCUT2D eigenvalue weighted by molar-refractivity contribution is 5.94. The van der Waals surface area contributed by atoms with Gasteiger partial charge in [0.2, 0.25) is 0 Å². The number of aromatic carboxylic acids is 1. The molecular weight excluding hydrogens is 376 g/mol. The number of fused-ring (bicyclic) bond motifs is 4. The van der Waals surface area contributed by atoms with E-state index < -0.39 is 5.97 Å². The van der Waals surface area contributed by atoms with Gasteiger partial charge < -0.3 is 20.1 Å². The Balaban J connectivity index is 1.12. The number of hydrogen-bond donors (Lipinski definition) is 3. The van der Waals surface area contributed by atoms with Crippen molar-refractivity contribution in [2.24, 2.45) is 23.7 Å². The summed E-state index contributed by atoms with van der Waals surface area (Å²) < 4.78 is 0. The Morgan fingerprint density at radius 2 is 1.87 bits per heavy atom. The summed E-state index contributed by atoms with van der Waals surface area (Å²) in [4.78, 5) is 17.0. The third-order valence-electron chi connectivity index (χ3n) is 8.28. The van der Waals surface area contributed by atoms with Crippen molar-refractivity contribution in [1.29, 1.82) is 0 Å². The predicted molar refractivity (Wildman–Crippen MR) is 118 cm³/mol. The van der Waals surface area contributed by atoms with Gasteiger partial charge in [-0.3, -0.25) is 0 Å². The zero-order chi connectivity index (χ0) is 20.7. The number of aliphatic hydroxyl groups excluding tert-OH is 1. The van der Waals surface area contributed by atoms with Crippen molar-refractivity contribution < 1.29 is 15.0 Å². The highest BCUT2D eigenvalue weighted by atomic mass is 16.4. The number of aromatic amines is 1. The monoisotopic (exact) mass is 410 g/mol. The molecule has 1 saturated heterocycles. The number of piperidine rings is 1. The lowest BCUT2D eigenvalue weighted by Crippen LogP contribution is -2.43. The minimum atomic E-state index is -0.886. The number of benzene rings is 1. The maximum atomic E-state index is 11.1. The zero-order valence-corrected chi connectivity index (χ0v) is 17.7. The van der Waals surface area contributed by atoms with Gasteiger partial charge in [0.05, 0.1) is 11.7 Å². The number of unbranched alkanes of at least 4 members (excludes halogenated alkanes) is 1. The van der Waals surface area contributed by atoms with Crippen LogP contribution in [-0.4, -0.2) is 51.8 Å². The van der Waals surface area contributed by atoms with Crippen LogP contribution in [0.2, 0.25) is 0 Å². The van der Waals surface area contributed by atoms with Gasteiger partial charge in [-0.2, -0.15) is 0 Å². The molecule has 3 aliphatic rings. The molecule has 5 heteroatoms. The van der Waals surface area contributed by atoms with Gasteiger partial charge in [0.25, 0.3) is 0 Å². The molecular formula is C25H34N2O3. The van der Waals surface area contributed by atoms with Crippen molar-refractivity contribution in [2.45, 2.75) is 57.5 Å². The van der Waals surface area contributed by atoms with Gasteiger partial charge in [-0.05, 0) is 87.1 Å². The van der Waals surface area contributed by atoms with E-state index in [1.807, 2.05) is 12.3 Å². The summed E-state index contributed by atoms with van der Waals surface area (Å²) in [5, 5.41) is 21.2. The minimum Gasteiger partial charge on any atom is -0.478 e. The van der Waals surface area contributed by atoms with E-state index in [-0.39, 0.29) is 6.10 Å². The third-order valence-corrected chi connectivity index (χ3v) is 8.28. The molecule has 5 unspecified atom stereocenters. The van der Waals surface area contributed by atoms with Crippen LogP contribution in [0, 0.1) is 23.7 Å². The Labute approximate surface area is 178 Å². The molecule has 2 heterocycles. The van der Waals surface area contributed by atoms with Crippen LogP contribution in [0.5, 0.6) is 0 Å². The normalized spacial score (nSPS) is 31.6. The van der Waals surface area contributed by atoms with Crippen LogP contribution in [0.1, 0.15) is 60.9 Å². The summed E-state index contributed by atoms with van der Waals surface area (Å²) in [5.41, 5.74) is 2.51. The second kappa shape index (κ2) is 8.35. The standard InChI is InChI=1S/C25H34N2O3/c28-24-21-7-2-1-6-19(21)20-10-12-27(15-22(20)24)11-4-3-5-17-14-26-23-13-16(25(29)30)8-9-18(17)23/h8-9,13-14,19-22,24,26,28H,1-7,10-12,15H2,(H,29,30). The number of aromatic nitrogens is 1. The van der Waals surface area contributed by atoms with Gasteiger partial charge in [-0.15, -0.1) is 0 Å². The van der Waals surface area contributed by atoms with Crippen molar-refractivity contribution in [1.82, 2.24) is 9.88 Å². The highest BCUT2D eigenvalue weighted by Crippen LogP contribution is 2.52. The molecule has 1 aromatic carbocycles. The molecule has 2 aliphatic carbocycles. The molecule has 0 amide bonds. The Morgan fingerprint density at radius 3 is 2.70 bits per heavy atom. The smallest absolute Gasteiger partial charge is 0.335 e. The molecule has 3 fully saturated rings. The summed E-state index contributed by atoms with van der Waals surface area (Å²) in [5.74, 6) is 1.76. The van der Waals surface area contributed by atoms with E-state index in [4.69, 9.17) is 5.11 Å². The number of nitrogens with zero attached hydrogens (tertiary/aromatic N) is 1. The molecule has 5 nitrogen and oxygen atoms in total. The van der Waals surface area contributed by atoms with Gasteiger partial charge in [-0.1, -0.05) is 18.9 Å². The summed E-state index contributed by atoms with van der Waals surface area (Å²) in [6, 6.07) is 5.34. The van der Waals surface area contributed by atoms with E-state index in [9.17, 15) is 9.90 Å². The topological polar surface area (TPSA) is 76.6 Å². The molecule has 1 aromatic heterocycles. The first-order valence-electron chi connectivity index (χ1n) is 11.9. The Kier molecular flexibility index (Phi) is 5.59. The summed E-state index contributed by atoms with van der Waals surface area (Å²) in [6.07, 6.45) is 11.8. The number of H-pyrrole nitrogens is 1. The van der Waals surface area contributed by atoms with Crippen LogP contribution in [0.25, 0.3) is 10.9 Å². The minimum absolute atomic E-state index is 0.0648. The zero-order valence-electron chi connectivity index (χ0n) is 17.7. The van der Waals surface area contributed by atoms with Crippen molar-refractivity contribution >= 4 is 16.9 Å². The van der Waals surface area contributed by atoms with E-state index in [0.717, 1.165) is 48.7 Å². The van der Waals surface area contributed by atoms with Gasteiger partial charge in [-0.25, -0.2) is 4.79 Å². The van der Waals surface area contributed by atoms with Crippen LogP contribution >= 0.6 is 0 Å². The van der Waals surface area contributed by atoms with Crippen LogP contribution in [0.15, 0.2) is 24.4 Å². The van der Waals surface area contributed by atoms with E-state index >= 15 is 0 Å². The quantitative estimate of drug-likeness (QED) is 0.620. The van der Waals surface area contributed by atoms with Crippen LogP contribution in [-0.2, 0) is 6.42 Å².